The van der Waals surface area contributed by atoms with E-state index in [1.807, 2.05) is 6.07 Å². The molecule has 1 amide bonds. The Kier molecular flexibility index (Phi) is 4.71. The number of hydrogen-bond acceptors (Lipinski definition) is 4. The fraction of sp³-hybridized carbons (Fsp3) is 0.471. The van der Waals surface area contributed by atoms with Gasteiger partial charge in [-0.05, 0) is 51.2 Å². The van der Waals surface area contributed by atoms with Gasteiger partial charge in [0.2, 0.25) is 0 Å². The summed E-state index contributed by atoms with van der Waals surface area (Å²) in [6.07, 6.45) is 5.54. The van der Waals surface area contributed by atoms with E-state index in [2.05, 4.69) is 15.5 Å². The third-order valence-corrected chi connectivity index (χ3v) is 5.70. The minimum Gasteiger partial charge on any atom is -0.479 e. The molecule has 7 heteroatoms. The summed E-state index contributed by atoms with van der Waals surface area (Å²) in [5, 5.41) is 19.0. The number of aromatic nitrogens is 2. The van der Waals surface area contributed by atoms with Gasteiger partial charge in [-0.3, -0.25) is 9.89 Å². The molecular formula is C17H21N3O3S. The molecule has 6 nitrogen and oxygen atoms in total. The van der Waals surface area contributed by atoms with Crippen molar-refractivity contribution in [3.05, 3.63) is 38.3 Å². The normalized spacial score (nSPS) is 15.4. The molecule has 1 aliphatic carbocycles. The topological polar surface area (TPSA) is 95.1 Å². The van der Waals surface area contributed by atoms with E-state index in [0.29, 0.717) is 21.8 Å². The number of aliphatic carboxylic acids is 1. The van der Waals surface area contributed by atoms with Crippen molar-refractivity contribution in [2.24, 2.45) is 0 Å². The van der Waals surface area contributed by atoms with E-state index in [1.54, 1.807) is 13.8 Å². The molecule has 3 N–H and O–H groups in total. The van der Waals surface area contributed by atoms with Crippen molar-refractivity contribution in [3.8, 4) is 0 Å². The average Bonchev–Trinajstić information content (AvgIpc) is 3.01. The smallest absolute Gasteiger partial charge is 0.331 e. The van der Waals surface area contributed by atoms with Crippen LogP contribution in [-0.2, 0) is 17.6 Å². The van der Waals surface area contributed by atoms with E-state index < -0.39 is 12.0 Å². The first kappa shape index (κ1) is 16.7. The van der Waals surface area contributed by atoms with Gasteiger partial charge in [0.25, 0.3) is 5.91 Å². The predicted octanol–water partition coefficient (Wildman–Crippen LogP) is 2.91. The van der Waals surface area contributed by atoms with Crippen molar-refractivity contribution in [1.29, 1.82) is 0 Å². The molecule has 2 aromatic heterocycles. The number of amides is 1. The number of thiophene rings is 1. The third kappa shape index (κ3) is 3.21. The monoisotopic (exact) mass is 347 g/mol. The second-order valence-corrected chi connectivity index (χ2v) is 7.35. The van der Waals surface area contributed by atoms with E-state index in [9.17, 15) is 14.7 Å². The van der Waals surface area contributed by atoms with Crippen LogP contribution < -0.4 is 5.32 Å². The van der Waals surface area contributed by atoms with Crippen LogP contribution in [0, 0.1) is 13.8 Å². The van der Waals surface area contributed by atoms with Crippen LogP contribution in [0.5, 0.6) is 0 Å². The van der Waals surface area contributed by atoms with Crippen LogP contribution in [-0.4, -0.2) is 27.2 Å². The van der Waals surface area contributed by atoms with Gasteiger partial charge >= 0.3 is 5.97 Å². The first-order chi connectivity index (χ1) is 11.5. The second-order valence-electron chi connectivity index (χ2n) is 6.21. The average molecular weight is 347 g/mol. The molecular weight excluding hydrogens is 326 g/mol. The van der Waals surface area contributed by atoms with E-state index >= 15 is 0 Å². The molecule has 1 aliphatic rings. The SMILES string of the molecule is Cc1n[nH]c(C)c1C(NC(=O)c1cc2c(s1)CCCCC2)C(=O)O. The molecule has 0 radical (unpaired) electrons. The number of carbonyl (C=O) groups excluding carboxylic acids is 1. The van der Waals surface area contributed by atoms with E-state index in [4.69, 9.17) is 0 Å². The summed E-state index contributed by atoms with van der Waals surface area (Å²) < 4.78 is 0. The molecule has 0 spiro atoms. The molecule has 0 bridgehead atoms. The van der Waals surface area contributed by atoms with Crippen molar-refractivity contribution in [2.45, 2.75) is 52.0 Å². The number of nitrogens with one attached hydrogen (secondary N) is 2. The fourth-order valence-electron chi connectivity index (χ4n) is 3.22. The molecule has 0 aromatic carbocycles. The van der Waals surface area contributed by atoms with E-state index in [1.165, 1.54) is 28.2 Å². The summed E-state index contributed by atoms with van der Waals surface area (Å²) in [7, 11) is 0. The molecule has 24 heavy (non-hydrogen) atoms. The van der Waals surface area contributed by atoms with Gasteiger partial charge in [0.1, 0.15) is 0 Å². The first-order valence-electron chi connectivity index (χ1n) is 8.14. The number of H-pyrrole nitrogens is 1. The summed E-state index contributed by atoms with van der Waals surface area (Å²) in [5.41, 5.74) is 3.00. The molecule has 3 rings (SSSR count). The maximum absolute atomic E-state index is 12.6. The predicted molar refractivity (Wildman–Crippen MR) is 91.5 cm³/mol. The lowest BCUT2D eigenvalue weighted by Crippen LogP contribution is -2.34. The quantitative estimate of drug-likeness (QED) is 0.741. The minimum atomic E-state index is -1.10. The van der Waals surface area contributed by atoms with Gasteiger partial charge in [0.15, 0.2) is 6.04 Å². The van der Waals surface area contributed by atoms with E-state index in [-0.39, 0.29) is 5.91 Å². The standard InChI is InChI=1S/C17H21N3O3S/c1-9-14(10(2)20-19-9)15(17(22)23)18-16(21)13-8-11-6-4-3-5-7-12(11)24-13/h8,15H,3-7H2,1-2H3,(H,18,21)(H,19,20)(H,22,23). The molecule has 2 aromatic rings. The molecule has 1 atom stereocenters. The zero-order valence-electron chi connectivity index (χ0n) is 13.8. The summed E-state index contributed by atoms with van der Waals surface area (Å²) in [5.74, 6) is -1.42. The highest BCUT2D eigenvalue weighted by Crippen LogP contribution is 2.29. The van der Waals surface area contributed by atoms with Gasteiger partial charge in [0.05, 0.1) is 10.6 Å². The Bertz CT molecular complexity index is 735. The Morgan fingerprint density at radius 2 is 2.04 bits per heavy atom. The number of hydrogen-bond donors (Lipinski definition) is 3. The van der Waals surface area contributed by atoms with Gasteiger partial charge < -0.3 is 10.4 Å². The maximum atomic E-state index is 12.6. The Balaban J connectivity index is 1.83. The Morgan fingerprint density at radius 1 is 1.29 bits per heavy atom. The van der Waals surface area contributed by atoms with Crippen LogP contribution in [0.4, 0.5) is 0 Å². The van der Waals surface area contributed by atoms with Gasteiger partial charge in [-0.2, -0.15) is 5.10 Å². The number of carboxylic acid groups (broad SMARTS) is 1. The van der Waals surface area contributed by atoms with Crippen LogP contribution in [0.25, 0.3) is 0 Å². The highest BCUT2D eigenvalue weighted by Gasteiger charge is 2.28. The Morgan fingerprint density at radius 3 is 2.71 bits per heavy atom. The van der Waals surface area contributed by atoms with Crippen molar-refractivity contribution in [3.63, 3.8) is 0 Å². The summed E-state index contributed by atoms with van der Waals surface area (Å²) in [4.78, 5) is 26.1. The number of aryl methyl sites for hydroxylation is 4. The number of carboxylic acids is 1. The van der Waals surface area contributed by atoms with Crippen LogP contribution in [0.1, 0.15) is 62.4 Å². The van der Waals surface area contributed by atoms with Gasteiger partial charge in [-0.25, -0.2) is 4.79 Å². The number of carbonyl (C=O) groups is 2. The first-order valence-corrected chi connectivity index (χ1v) is 8.95. The number of rotatable bonds is 4. The van der Waals surface area contributed by atoms with Gasteiger partial charge in [0, 0.05) is 16.1 Å². The van der Waals surface area contributed by atoms with Crippen molar-refractivity contribution < 1.29 is 14.7 Å². The van der Waals surface area contributed by atoms with E-state index in [0.717, 1.165) is 25.7 Å². The largest absolute Gasteiger partial charge is 0.479 e. The van der Waals surface area contributed by atoms with Crippen LogP contribution in [0.2, 0.25) is 0 Å². The van der Waals surface area contributed by atoms with Crippen molar-refractivity contribution in [1.82, 2.24) is 15.5 Å². The van der Waals surface area contributed by atoms with Gasteiger partial charge in [-0.1, -0.05) is 6.42 Å². The molecule has 0 saturated carbocycles. The fourth-order valence-corrected chi connectivity index (χ4v) is 4.38. The van der Waals surface area contributed by atoms with Crippen LogP contribution in [0.3, 0.4) is 0 Å². The summed E-state index contributed by atoms with van der Waals surface area (Å²) in [6.45, 7) is 3.49. The number of fused-ring (bicyclic) bond motifs is 1. The van der Waals surface area contributed by atoms with Crippen LogP contribution in [0.15, 0.2) is 6.07 Å². The minimum absolute atomic E-state index is 0.333. The highest BCUT2D eigenvalue weighted by molar-refractivity contribution is 7.14. The van der Waals surface area contributed by atoms with Crippen molar-refractivity contribution in [2.75, 3.05) is 0 Å². The maximum Gasteiger partial charge on any atom is 0.331 e. The van der Waals surface area contributed by atoms with Crippen molar-refractivity contribution >= 4 is 23.2 Å². The lowest BCUT2D eigenvalue weighted by molar-refractivity contribution is -0.139. The Hall–Kier alpha value is -2.15. The lowest BCUT2D eigenvalue weighted by Gasteiger charge is -2.14. The molecule has 0 saturated heterocycles. The Labute approximate surface area is 144 Å². The molecule has 2 heterocycles. The zero-order valence-corrected chi connectivity index (χ0v) is 14.6. The summed E-state index contributed by atoms with van der Waals surface area (Å²) >= 11 is 1.49. The highest BCUT2D eigenvalue weighted by atomic mass is 32.1. The van der Waals surface area contributed by atoms with Crippen LogP contribution >= 0.6 is 11.3 Å². The molecule has 0 fully saturated rings. The summed E-state index contributed by atoms with van der Waals surface area (Å²) in [6, 6.07) is 0.826. The zero-order chi connectivity index (χ0) is 17.3. The molecule has 1 unspecified atom stereocenters. The number of nitrogens with zero attached hydrogens (tertiary/aromatic N) is 1. The molecule has 128 valence electrons. The number of aromatic amines is 1. The lowest BCUT2D eigenvalue weighted by atomic mass is 10.0. The van der Waals surface area contributed by atoms with Gasteiger partial charge in [-0.15, -0.1) is 11.3 Å². The second kappa shape index (κ2) is 6.76. The molecule has 0 aliphatic heterocycles. The third-order valence-electron chi connectivity index (χ3n) is 4.47.